The van der Waals surface area contributed by atoms with Crippen LogP contribution >= 0.6 is 12.2 Å². The van der Waals surface area contributed by atoms with Gasteiger partial charge in [-0.1, -0.05) is 6.42 Å². The third-order valence-corrected chi connectivity index (χ3v) is 8.14. The SMILES string of the molecule is NC(=O)c1ccc(S(=O)(=O)N2CCN(C(=S)NC3CC4CCC3C4)CC2)o1. The monoisotopic (exact) mass is 412 g/mol. The van der Waals surface area contributed by atoms with Crippen LogP contribution in [0.2, 0.25) is 0 Å². The Bertz CT molecular complexity index is 845. The minimum absolute atomic E-state index is 0.163. The van der Waals surface area contributed by atoms with Crippen molar-refractivity contribution >= 4 is 33.3 Å². The number of furan rings is 1. The van der Waals surface area contributed by atoms with Crippen LogP contribution < -0.4 is 11.1 Å². The molecule has 3 aliphatic rings. The fraction of sp³-hybridized carbons (Fsp3) is 0.647. The highest BCUT2D eigenvalue weighted by Crippen LogP contribution is 2.44. The molecule has 1 aromatic heterocycles. The highest BCUT2D eigenvalue weighted by Gasteiger charge is 2.40. The van der Waals surface area contributed by atoms with Gasteiger partial charge in [-0.05, 0) is 55.4 Å². The highest BCUT2D eigenvalue weighted by atomic mass is 32.2. The average molecular weight is 413 g/mol. The maximum absolute atomic E-state index is 12.7. The quantitative estimate of drug-likeness (QED) is 0.702. The first-order valence-electron chi connectivity index (χ1n) is 9.30. The van der Waals surface area contributed by atoms with Gasteiger partial charge in [0.15, 0.2) is 10.9 Å². The van der Waals surface area contributed by atoms with Crippen molar-refractivity contribution in [2.75, 3.05) is 26.2 Å². The number of nitrogens with zero attached hydrogens (tertiary/aromatic N) is 2. The smallest absolute Gasteiger partial charge is 0.284 e. The average Bonchev–Trinajstić information content (AvgIpc) is 3.38. The molecule has 1 saturated heterocycles. The number of hydrogen-bond donors (Lipinski definition) is 2. The molecule has 0 radical (unpaired) electrons. The summed E-state index contributed by atoms with van der Waals surface area (Å²) in [6.07, 6.45) is 5.13. The third kappa shape index (κ3) is 3.57. The number of sulfonamides is 1. The van der Waals surface area contributed by atoms with Crippen molar-refractivity contribution in [3.63, 3.8) is 0 Å². The topological polar surface area (TPSA) is 109 Å². The van der Waals surface area contributed by atoms with Gasteiger partial charge in [-0.15, -0.1) is 0 Å². The van der Waals surface area contributed by atoms with Gasteiger partial charge in [0, 0.05) is 32.2 Å². The summed E-state index contributed by atoms with van der Waals surface area (Å²) in [6, 6.07) is 3.01. The van der Waals surface area contributed by atoms with Crippen molar-refractivity contribution in [1.29, 1.82) is 0 Å². The summed E-state index contributed by atoms with van der Waals surface area (Å²) in [6.45, 7) is 1.67. The van der Waals surface area contributed by atoms with Crippen molar-refractivity contribution in [1.82, 2.24) is 14.5 Å². The molecule has 1 aromatic rings. The molecule has 4 rings (SSSR count). The molecule has 148 valence electrons. The molecule has 3 unspecified atom stereocenters. The van der Waals surface area contributed by atoms with Crippen molar-refractivity contribution < 1.29 is 17.6 Å². The zero-order valence-electron chi connectivity index (χ0n) is 15.0. The lowest BCUT2D eigenvalue weighted by Gasteiger charge is -2.36. The van der Waals surface area contributed by atoms with Gasteiger partial charge in [-0.3, -0.25) is 4.79 Å². The Balaban J connectivity index is 1.33. The second kappa shape index (κ2) is 7.06. The maximum atomic E-state index is 12.7. The molecule has 3 N–H and O–H groups in total. The van der Waals surface area contributed by atoms with Gasteiger partial charge in [0.1, 0.15) is 0 Å². The van der Waals surface area contributed by atoms with Crippen LogP contribution in [0.1, 0.15) is 36.2 Å². The lowest BCUT2D eigenvalue weighted by molar-refractivity contribution is 0.0968. The Morgan fingerprint density at radius 3 is 2.48 bits per heavy atom. The summed E-state index contributed by atoms with van der Waals surface area (Å²) in [5, 5.41) is 3.96. The van der Waals surface area contributed by atoms with Crippen molar-refractivity contribution in [3.05, 3.63) is 17.9 Å². The molecule has 1 aliphatic heterocycles. The standard InChI is InChI=1S/C17H24N4O4S2/c18-16(22)14-3-4-15(25-14)27(23,24)21-7-5-20(6-8-21)17(26)19-13-10-11-1-2-12(13)9-11/h3-4,11-13H,1-2,5-10H2,(H2,18,22)(H,19,26). The van der Waals surface area contributed by atoms with Crippen LogP contribution in [0.5, 0.6) is 0 Å². The minimum atomic E-state index is -3.78. The molecule has 2 aliphatic carbocycles. The zero-order valence-corrected chi connectivity index (χ0v) is 16.6. The zero-order chi connectivity index (χ0) is 19.2. The fourth-order valence-electron chi connectivity index (χ4n) is 4.52. The first kappa shape index (κ1) is 18.7. The van der Waals surface area contributed by atoms with Gasteiger partial charge in [0.25, 0.3) is 15.9 Å². The number of piperazine rings is 1. The Morgan fingerprint density at radius 1 is 1.19 bits per heavy atom. The van der Waals surface area contributed by atoms with E-state index in [0.717, 1.165) is 16.9 Å². The van der Waals surface area contributed by atoms with E-state index in [9.17, 15) is 13.2 Å². The molecule has 3 atom stereocenters. The molecule has 8 nitrogen and oxygen atoms in total. The second-order valence-corrected chi connectivity index (χ2v) is 9.86. The highest BCUT2D eigenvalue weighted by molar-refractivity contribution is 7.89. The maximum Gasteiger partial charge on any atom is 0.284 e. The van der Waals surface area contributed by atoms with Crippen LogP contribution in [-0.2, 0) is 10.0 Å². The molecule has 27 heavy (non-hydrogen) atoms. The first-order chi connectivity index (χ1) is 12.8. The summed E-state index contributed by atoms with van der Waals surface area (Å²) in [5.74, 6) is 0.616. The summed E-state index contributed by atoms with van der Waals surface area (Å²) < 4.78 is 31.8. The molecule has 0 aromatic carbocycles. The first-order valence-corrected chi connectivity index (χ1v) is 11.1. The Labute approximate surface area is 164 Å². The molecule has 2 bridgehead atoms. The molecule has 2 heterocycles. The van der Waals surface area contributed by atoms with Gasteiger partial charge in [-0.25, -0.2) is 8.42 Å². The van der Waals surface area contributed by atoms with Gasteiger partial charge in [0.05, 0.1) is 0 Å². The summed E-state index contributed by atoms with van der Waals surface area (Å²) in [5.41, 5.74) is 5.12. The molecular weight excluding hydrogens is 388 g/mol. The third-order valence-electron chi connectivity index (χ3n) is 5.99. The number of fused-ring (bicyclic) bond motifs is 2. The largest absolute Gasteiger partial charge is 0.438 e. The fourth-order valence-corrected chi connectivity index (χ4v) is 6.19. The summed E-state index contributed by atoms with van der Waals surface area (Å²) in [7, 11) is -3.78. The minimum Gasteiger partial charge on any atom is -0.438 e. The predicted molar refractivity (Wildman–Crippen MR) is 103 cm³/mol. The molecule has 2 saturated carbocycles. The van der Waals surface area contributed by atoms with Crippen molar-refractivity contribution in [2.24, 2.45) is 17.6 Å². The molecule has 1 amide bonds. The number of rotatable bonds is 4. The lowest BCUT2D eigenvalue weighted by atomic mass is 9.95. The van der Waals surface area contributed by atoms with E-state index >= 15 is 0 Å². The number of amides is 1. The Hall–Kier alpha value is -1.65. The number of thiocarbonyl (C=S) groups is 1. The predicted octanol–water partition coefficient (Wildman–Crippen LogP) is 0.748. The molecule has 0 spiro atoms. The van der Waals surface area contributed by atoms with E-state index in [1.807, 2.05) is 4.90 Å². The van der Waals surface area contributed by atoms with E-state index in [1.54, 1.807) is 0 Å². The van der Waals surface area contributed by atoms with Gasteiger partial charge in [0.2, 0.25) is 5.09 Å². The number of nitrogens with two attached hydrogens (primary N) is 1. The lowest BCUT2D eigenvalue weighted by Crippen LogP contribution is -2.54. The van der Waals surface area contributed by atoms with Crippen LogP contribution in [0.25, 0.3) is 0 Å². The number of carbonyl (C=O) groups is 1. The van der Waals surface area contributed by atoms with Crippen molar-refractivity contribution in [2.45, 2.75) is 36.8 Å². The van der Waals surface area contributed by atoms with Crippen LogP contribution in [0.3, 0.4) is 0 Å². The summed E-state index contributed by atoms with van der Waals surface area (Å²) >= 11 is 5.56. The number of carbonyl (C=O) groups excluding carboxylic acids is 1. The second-order valence-electron chi connectivity index (χ2n) is 7.60. The van der Waals surface area contributed by atoms with Gasteiger partial charge < -0.3 is 20.4 Å². The number of nitrogens with one attached hydrogen (secondary N) is 1. The van der Waals surface area contributed by atoms with Gasteiger partial charge >= 0.3 is 0 Å². The Kier molecular flexibility index (Phi) is 4.89. The Morgan fingerprint density at radius 2 is 1.93 bits per heavy atom. The van der Waals surface area contributed by atoms with Crippen LogP contribution in [0.4, 0.5) is 0 Å². The van der Waals surface area contributed by atoms with Crippen molar-refractivity contribution in [3.8, 4) is 0 Å². The van der Waals surface area contributed by atoms with E-state index in [0.29, 0.717) is 32.2 Å². The number of hydrogen-bond acceptors (Lipinski definition) is 5. The summed E-state index contributed by atoms with van der Waals surface area (Å²) in [4.78, 5) is 13.1. The van der Waals surface area contributed by atoms with E-state index in [4.69, 9.17) is 22.4 Å². The van der Waals surface area contributed by atoms with Crippen LogP contribution in [0.15, 0.2) is 21.6 Å². The van der Waals surface area contributed by atoms with E-state index in [2.05, 4.69) is 5.32 Å². The molecular formula is C17H24N4O4S2. The van der Waals surface area contributed by atoms with Crippen LogP contribution in [-0.4, -0.2) is 60.9 Å². The van der Waals surface area contributed by atoms with E-state index in [1.165, 1.54) is 42.1 Å². The number of primary amides is 1. The van der Waals surface area contributed by atoms with Crippen LogP contribution in [0, 0.1) is 11.8 Å². The van der Waals surface area contributed by atoms with E-state index in [-0.39, 0.29) is 10.9 Å². The van der Waals surface area contributed by atoms with E-state index < -0.39 is 15.9 Å². The normalized spacial score (nSPS) is 28.4. The van der Waals surface area contributed by atoms with Gasteiger partial charge in [-0.2, -0.15) is 4.31 Å². The molecule has 10 heteroatoms. The molecule has 3 fully saturated rings.